The lowest BCUT2D eigenvalue weighted by Crippen LogP contribution is -1.93. The number of pyridine rings is 1. The highest BCUT2D eigenvalue weighted by Crippen LogP contribution is 2.41. The number of hydrogen-bond acceptors (Lipinski definition) is 1. The van der Waals surface area contributed by atoms with Gasteiger partial charge in [-0.2, -0.15) is 0 Å². The summed E-state index contributed by atoms with van der Waals surface area (Å²) in [5.41, 5.74) is 4.14. The van der Waals surface area contributed by atoms with Crippen LogP contribution in [0.25, 0.3) is 33.3 Å². The monoisotopic (exact) mass is 417 g/mol. The second-order valence-corrected chi connectivity index (χ2v) is 7.43. The molecule has 3 aromatic carbocycles. The zero-order valence-corrected chi connectivity index (χ0v) is 16.3. The van der Waals surface area contributed by atoms with Gasteiger partial charge < -0.3 is 0 Å². The number of fused-ring (bicyclic) bond motifs is 1. The summed E-state index contributed by atoms with van der Waals surface area (Å²) in [4.78, 5) is 4.75. The fourth-order valence-electron chi connectivity index (χ4n) is 2.93. The van der Waals surface area contributed by atoms with Gasteiger partial charge in [-0.25, -0.2) is 4.98 Å². The maximum Gasteiger partial charge on any atom is 0.0902 e. The number of hydrogen-bond donors (Lipinski definition) is 0. The van der Waals surface area contributed by atoms with E-state index in [2.05, 4.69) is 0 Å². The fourth-order valence-corrected chi connectivity index (χ4v) is 3.77. The molecule has 0 amide bonds. The lowest BCUT2D eigenvalue weighted by Gasteiger charge is -2.14. The van der Waals surface area contributed by atoms with Crippen LogP contribution in [0.2, 0.25) is 20.1 Å². The van der Waals surface area contributed by atoms with Crippen molar-refractivity contribution in [2.24, 2.45) is 0 Å². The van der Waals surface area contributed by atoms with Crippen LogP contribution in [0.1, 0.15) is 0 Å². The third kappa shape index (κ3) is 3.17. The van der Waals surface area contributed by atoms with Crippen LogP contribution in [0, 0.1) is 0 Å². The molecule has 1 nitrogen and oxygen atoms in total. The lowest BCUT2D eigenvalue weighted by molar-refractivity contribution is 1.40. The molecule has 0 bridgehead atoms. The number of benzene rings is 3. The Morgan fingerprint density at radius 2 is 1.42 bits per heavy atom. The molecular weight excluding hydrogens is 408 g/mol. The summed E-state index contributed by atoms with van der Waals surface area (Å²) >= 11 is 25.3. The minimum absolute atomic E-state index is 0.458. The van der Waals surface area contributed by atoms with E-state index in [0.29, 0.717) is 25.8 Å². The first-order valence-corrected chi connectivity index (χ1v) is 9.35. The minimum Gasteiger partial charge on any atom is -0.246 e. The van der Waals surface area contributed by atoms with Crippen LogP contribution in [0.3, 0.4) is 0 Å². The molecule has 0 fully saturated rings. The summed E-state index contributed by atoms with van der Waals surface area (Å²) in [6, 6.07) is 20.9. The van der Waals surface area contributed by atoms with Gasteiger partial charge in [0.1, 0.15) is 0 Å². The molecule has 0 unspecified atom stereocenters. The van der Waals surface area contributed by atoms with E-state index < -0.39 is 0 Å². The average molecular weight is 419 g/mol. The van der Waals surface area contributed by atoms with Gasteiger partial charge in [0.05, 0.1) is 26.3 Å². The van der Waals surface area contributed by atoms with Crippen molar-refractivity contribution >= 4 is 57.3 Å². The van der Waals surface area contributed by atoms with E-state index in [4.69, 9.17) is 51.4 Å². The standard InChI is InChI=1S/C21H11Cl4N/c22-14-7-9-18-15(11-14)19(12-4-2-1-3-5-12)20(25)21(26-18)13-6-8-16(23)17(24)10-13/h1-11H. The van der Waals surface area contributed by atoms with Gasteiger partial charge in [0.2, 0.25) is 0 Å². The minimum atomic E-state index is 0.458. The first kappa shape index (κ1) is 17.6. The molecule has 4 rings (SSSR count). The average Bonchev–Trinajstić information content (AvgIpc) is 2.64. The van der Waals surface area contributed by atoms with Crippen molar-refractivity contribution in [3.05, 3.63) is 86.8 Å². The van der Waals surface area contributed by atoms with Gasteiger partial charge in [0.25, 0.3) is 0 Å². The van der Waals surface area contributed by atoms with Gasteiger partial charge in [-0.15, -0.1) is 0 Å². The maximum absolute atomic E-state index is 6.82. The molecule has 26 heavy (non-hydrogen) atoms. The van der Waals surface area contributed by atoms with E-state index in [9.17, 15) is 0 Å². The second-order valence-electron chi connectivity index (χ2n) is 5.81. The van der Waals surface area contributed by atoms with E-state index in [0.717, 1.165) is 27.6 Å². The van der Waals surface area contributed by atoms with Crippen molar-refractivity contribution in [3.63, 3.8) is 0 Å². The molecule has 1 heterocycles. The predicted molar refractivity (Wildman–Crippen MR) is 113 cm³/mol. The van der Waals surface area contributed by atoms with Crippen molar-refractivity contribution in [3.8, 4) is 22.4 Å². The normalized spacial score (nSPS) is 11.1. The van der Waals surface area contributed by atoms with Crippen molar-refractivity contribution in [2.75, 3.05) is 0 Å². The third-order valence-electron chi connectivity index (χ3n) is 4.14. The molecule has 0 N–H and O–H groups in total. The van der Waals surface area contributed by atoms with Crippen LogP contribution < -0.4 is 0 Å². The molecule has 1 aromatic heterocycles. The maximum atomic E-state index is 6.82. The SMILES string of the molecule is Clc1ccc2nc(-c3ccc(Cl)c(Cl)c3)c(Cl)c(-c3ccccc3)c2c1. The number of nitrogens with zero attached hydrogens (tertiary/aromatic N) is 1. The van der Waals surface area contributed by atoms with Crippen molar-refractivity contribution in [1.82, 2.24) is 4.98 Å². The highest BCUT2D eigenvalue weighted by atomic mass is 35.5. The third-order valence-corrected chi connectivity index (χ3v) is 5.49. The molecule has 0 spiro atoms. The fraction of sp³-hybridized carbons (Fsp3) is 0. The van der Waals surface area contributed by atoms with E-state index in [-0.39, 0.29) is 0 Å². The van der Waals surface area contributed by atoms with Crippen molar-refractivity contribution < 1.29 is 0 Å². The van der Waals surface area contributed by atoms with Crippen molar-refractivity contribution in [2.45, 2.75) is 0 Å². The van der Waals surface area contributed by atoms with Crippen LogP contribution in [-0.2, 0) is 0 Å². The van der Waals surface area contributed by atoms with Gasteiger partial charge >= 0.3 is 0 Å². The van der Waals surface area contributed by atoms with Crippen LogP contribution >= 0.6 is 46.4 Å². The molecule has 0 atom stereocenters. The van der Waals surface area contributed by atoms with Gasteiger partial charge in [-0.1, -0.05) is 82.8 Å². The van der Waals surface area contributed by atoms with E-state index in [1.165, 1.54) is 0 Å². The van der Waals surface area contributed by atoms with Gasteiger partial charge in [-0.05, 0) is 35.9 Å². The molecule has 5 heteroatoms. The number of rotatable bonds is 2. The van der Waals surface area contributed by atoms with Gasteiger partial charge in [0, 0.05) is 21.5 Å². The second kappa shape index (κ2) is 7.09. The van der Waals surface area contributed by atoms with Gasteiger partial charge in [0.15, 0.2) is 0 Å². The Labute approximate surface area is 171 Å². The molecular formula is C21H11Cl4N. The van der Waals surface area contributed by atoms with Crippen LogP contribution in [-0.4, -0.2) is 4.98 Å². The number of halogens is 4. The zero-order valence-electron chi connectivity index (χ0n) is 13.3. The van der Waals surface area contributed by atoms with Gasteiger partial charge in [-0.3, -0.25) is 0 Å². The van der Waals surface area contributed by atoms with Crippen LogP contribution in [0.5, 0.6) is 0 Å². The Morgan fingerprint density at radius 3 is 2.15 bits per heavy atom. The Bertz CT molecular complexity index is 1120. The summed E-state index contributed by atoms with van der Waals surface area (Å²) in [6.45, 7) is 0. The molecule has 0 saturated heterocycles. The van der Waals surface area contributed by atoms with Crippen molar-refractivity contribution in [1.29, 1.82) is 0 Å². The molecule has 4 aromatic rings. The Kier molecular flexibility index (Phi) is 4.81. The predicted octanol–water partition coefficient (Wildman–Crippen LogP) is 8.18. The first-order valence-electron chi connectivity index (χ1n) is 7.84. The highest BCUT2D eigenvalue weighted by Gasteiger charge is 2.17. The zero-order chi connectivity index (χ0) is 18.3. The Balaban J connectivity index is 2.08. The molecule has 128 valence electrons. The largest absolute Gasteiger partial charge is 0.246 e. The first-order chi connectivity index (χ1) is 12.5. The quantitative estimate of drug-likeness (QED) is 0.319. The molecule has 0 aliphatic carbocycles. The summed E-state index contributed by atoms with van der Waals surface area (Å²) in [5.74, 6) is 0. The Morgan fingerprint density at radius 1 is 0.654 bits per heavy atom. The lowest BCUT2D eigenvalue weighted by atomic mass is 9.98. The summed E-state index contributed by atoms with van der Waals surface area (Å²) in [7, 11) is 0. The topological polar surface area (TPSA) is 12.9 Å². The van der Waals surface area contributed by atoms with E-state index in [1.54, 1.807) is 12.1 Å². The summed E-state index contributed by atoms with van der Waals surface area (Å²) in [6.07, 6.45) is 0. The van der Waals surface area contributed by atoms with Crippen LogP contribution in [0.15, 0.2) is 66.7 Å². The molecule has 0 radical (unpaired) electrons. The number of aromatic nitrogens is 1. The highest BCUT2D eigenvalue weighted by molar-refractivity contribution is 6.42. The molecule has 0 aliphatic heterocycles. The van der Waals surface area contributed by atoms with Crippen LogP contribution in [0.4, 0.5) is 0 Å². The molecule has 0 saturated carbocycles. The molecule has 0 aliphatic rings. The Hall–Kier alpha value is -1.77. The summed E-state index contributed by atoms with van der Waals surface area (Å²) < 4.78 is 0. The van der Waals surface area contributed by atoms with E-state index >= 15 is 0 Å². The summed E-state index contributed by atoms with van der Waals surface area (Å²) in [5, 5.41) is 3.03. The smallest absolute Gasteiger partial charge is 0.0902 e. The van der Waals surface area contributed by atoms with E-state index in [1.807, 2.05) is 54.6 Å².